The molecule has 0 aliphatic carbocycles. The highest BCUT2D eigenvalue weighted by atomic mass is 79.9. The first-order valence-electron chi connectivity index (χ1n) is 11.8. The number of piperidine rings is 1. The van der Waals surface area contributed by atoms with Crippen LogP contribution in [0.15, 0.2) is 51.5 Å². The normalized spacial score (nSPS) is 16.1. The molecule has 35 heavy (non-hydrogen) atoms. The van der Waals surface area contributed by atoms with Crippen LogP contribution in [0, 0.1) is 5.92 Å². The maximum absolute atomic E-state index is 12.8. The van der Waals surface area contributed by atoms with Gasteiger partial charge in [0.05, 0.1) is 26.7 Å². The Bertz CT molecular complexity index is 1120. The molecule has 186 valence electrons. The van der Waals surface area contributed by atoms with Gasteiger partial charge < -0.3 is 19.3 Å². The summed E-state index contributed by atoms with van der Waals surface area (Å²) in [7, 11) is 3.26. The number of benzene rings is 2. The van der Waals surface area contributed by atoms with E-state index in [1.54, 1.807) is 14.2 Å². The molecule has 1 atom stereocenters. The summed E-state index contributed by atoms with van der Waals surface area (Å²) in [5, 5.41) is 7.22. The lowest BCUT2D eigenvalue weighted by molar-refractivity contribution is -0.126. The lowest BCUT2D eigenvalue weighted by Crippen LogP contribution is -2.43. The number of rotatable bonds is 10. The maximum Gasteiger partial charge on any atom is 0.241 e. The maximum atomic E-state index is 12.8. The summed E-state index contributed by atoms with van der Waals surface area (Å²) in [6.45, 7) is 2.80. The highest BCUT2D eigenvalue weighted by Gasteiger charge is 2.26. The minimum absolute atomic E-state index is 0.0290. The van der Waals surface area contributed by atoms with Crippen molar-refractivity contribution < 1.29 is 18.8 Å². The summed E-state index contributed by atoms with van der Waals surface area (Å²) in [6, 6.07) is 13.7. The van der Waals surface area contributed by atoms with Gasteiger partial charge in [0.2, 0.25) is 17.6 Å². The fourth-order valence-corrected chi connectivity index (χ4v) is 4.59. The highest BCUT2D eigenvalue weighted by molar-refractivity contribution is 9.10. The number of aromatic nitrogens is 2. The molecule has 0 radical (unpaired) electrons. The number of nitrogens with zero attached hydrogens (tertiary/aromatic N) is 3. The first-order chi connectivity index (χ1) is 17.1. The predicted octanol–water partition coefficient (Wildman–Crippen LogP) is 4.48. The van der Waals surface area contributed by atoms with Crippen LogP contribution in [0.5, 0.6) is 11.5 Å². The molecule has 1 fully saturated rings. The smallest absolute Gasteiger partial charge is 0.241 e. The number of methoxy groups -OCH3 is 2. The van der Waals surface area contributed by atoms with E-state index in [4.69, 9.17) is 14.0 Å². The summed E-state index contributed by atoms with van der Waals surface area (Å²) in [5.74, 6) is 2.67. The average Bonchev–Trinajstić information content (AvgIpc) is 3.35. The SMILES string of the molecule is COc1ccc(CCCNC(=O)C2CCCN(Cc3nc(-c4ccc(Br)cc4)no3)C2)cc1OC. The molecule has 8 nitrogen and oxygen atoms in total. The second kappa shape index (κ2) is 12.2. The van der Waals surface area contributed by atoms with E-state index in [0.717, 1.165) is 59.3 Å². The van der Waals surface area contributed by atoms with Gasteiger partial charge in [0.1, 0.15) is 0 Å². The zero-order chi connectivity index (χ0) is 24.6. The summed E-state index contributed by atoms with van der Waals surface area (Å²) >= 11 is 3.43. The van der Waals surface area contributed by atoms with Crippen molar-refractivity contribution in [2.75, 3.05) is 33.9 Å². The van der Waals surface area contributed by atoms with Crippen molar-refractivity contribution in [2.45, 2.75) is 32.2 Å². The van der Waals surface area contributed by atoms with Gasteiger partial charge in [-0.15, -0.1) is 0 Å². The van der Waals surface area contributed by atoms with E-state index >= 15 is 0 Å². The third-order valence-corrected chi connectivity index (χ3v) is 6.72. The number of nitrogens with one attached hydrogen (secondary N) is 1. The Labute approximate surface area is 214 Å². The van der Waals surface area contributed by atoms with Gasteiger partial charge in [-0.1, -0.05) is 27.2 Å². The van der Waals surface area contributed by atoms with Crippen LogP contribution in [0.3, 0.4) is 0 Å². The number of amides is 1. The predicted molar refractivity (Wildman–Crippen MR) is 136 cm³/mol. The lowest BCUT2D eigenvalue weighted by atomic mass is 9.97. The molecule has 0 bridgehead atoms. The Balaban J connectivity index is 1.22. The van der Waals surface area contributed by atoms with Crippen LogP contribution in [0.25, 0.3) is 11.4 Å². The molecule has 2 aromatic carbocycles. The third kappa shape index (κ3) is 6.82. The van der Waals surface area contributed by atoms with Gasteiger partial charge >= 0.3 is 0 Å². The van der Waals surface area contributed by atoms with E-state index in [1.807, 2.05) is 42.5 Å². The minimum atomic E-state index is -0.0290. The highest BCUT2D eigenvalue weighted by Crippen LogP contribution is 2.28. The summed E-state index contributed by atoms with van der Waals surface area (Å²) in [4.78, 5) is 19.5. The van der Waals surface area contributed by atoms with E-state index in [1.165, 1.54) is 0 Å². The standard InChI is InChI=1S/C26H31BrN4O4/c1-33-22-12-7-18(15-23(22)34-2)5-3-13-28-26(32)20-6-4-14-31(16-20)17-24-29-25(30-35-24)19-8-10-21(27)11-9-19/h7-12,15,20H,3-6,13-14,16-17H2,1-2H3,(H,28,32). The zero-order valence-corrected chi connectivity index (χ0v) is 21.7. The molecule has 4 rings (SSSR count). The Kier molecular flexibility index (Phi) is 8.76. The minimum Gasteiger partial charge on any atom is -0.493 e. The summed E-state index contributed by atoms with van der Waals surface area (Å²) in [6.07, 6.45) is 3.58. The monoisotopic (exact) mass is 542 g/mol. The van der Waals surface area contributed by atoms with Gasteiger partial charge in [0.25, 0.3) is 0 Å². The Morgan fingerprint density at radius 3 is 2.74 bits per heavy atom. The van der Waals surface area contributed by atoms with Crippen LogP contribution in [0.1, 0.15) is 30.7 Å². The van der Waals surface area contributed by atoms with Crippen molar-refractivity contribution in [3.8, 4) is 22.9 Å². The molecule has 0 spiro atoms. The van der Waals surface area contributed by atoms with E-state index < -0.39 is 0 Å². The second-order valence-corrected chi connectivity index (χ2v) is 9.59. The van der Waals surface area contributed by atoms with Gasteiger partial charge in [-0.2, -0.15) is 4.98 Å². The molecule has 0 saturated carbocycles. The first-order valence-corrected chi connectivity index (χ1v) is 12.6. The third-order valence-electron chi connectivity index (χ3n) is 6.20. The van der Waals surface area contributed by atoms with Crippen molar-refractivity contribution in [2.24, 2.45) is 5.92 Å². The van der Waals surface area contributed by atoms with Crippen molar-refractivity contribution >= 4 is 21.8 Å². The van der Waals surface area contributed by atoms with Crippen LogP contribution in [0.4, 0.5) is 0 Å². The molecular formula is C26H31BrN4O4. The van der Waals surface area contributed by atoms with Gasteiger partial charge in [-0.3, -0.25) is 9.69 Å². The van der Waals surface area contributed by atoms with E-state index in [0.29, 0.717) is 31.3 Å². The number of likely N-dealkylation sites (tertiary alicyclic amines) is 1. The van der Waals surface area contributed by atoms with Crippen LogP contribution >= 0.6 is 15.9 Å². The zero-order valence-electron chi connectivity index (χ0n) is 20.1. The lowest BCUT2D eigenvalue weighted by Gasteiger charge is -2.30. The number of ether oxygens (including phenoxy) is 2. The van der Waals surface area contributed by atoms with Crippen LogP contribution in [-0.2, 0) is 17.8 Å². The fraction of sp³-hybridized carbons (Fsp3) is 0.423. The summed E-state index contributed by atoms with van der Waals surface area (Å²) < 4.78 is 17.1. The quantitative estimate of drug-likeness (QED) is 0.378. The molecule has 3 aromatic rings. The van der Waals surface area contributed by atoms with E-state index in [-0.39, 0.29) is 11.8 Å². The van der Waals surface area contributed by atoms with Crippen molar-refractivity contribution in [3.05, 3.63) is 58.4 Å². The molecule has 1 aliphatic rings. The summed E-state index contributed by atoms with van der Waals surface area (Å²) in [5.41, 5.74) is 2.06. The fourth-order valence-electron chi connectivity index (χ4n) is 4.32. The Hall–Kier alpha value is -2.91. The average molecular weight is 543 g/mol. The van der Waals surface area contributed by atoms with E-state index in [9.17, 15) is 4.79 Å². The van der Waals surface area contributed by atoms with Gasteiger partial charge in [0, 0.05) is 23.1 Å². The van der Waals surface area contributed by atoms with Crippen molar-refractivity contribution in [1.82, 2.24) is 20.4 Å². The molecule has 1 saturated heterocycles. The van der Waals surface area contributed by atoms with Crippen LogP contribution in [-0.4, -0.2) is 54.8 Å². The van der Waals surface area contributed by atoms with Crippen molar-refractivity contribution in [3.63, 3.8) is 0 Å². The Morgan fingerprint density at radius 1 is 1.17 bits per heavy atom. The number of halogens is 1. The number of hydrogen-bond donors (Lipinski definition) is 1. The number of hydrogen-bond acceptors (Lipinski definition) is 7. The molecule has 1 aliphatic heterocycles. The molecule has 1 unspecified atom stereocenters. The number of aryl methyl sites for hydroxylation is 1. The van der Waals surface area contributed by atoms with Gasteiger partial charge in [0.15, 0.2) is 11.5 Å². The number of carbonyl (C=O) groups is 1. The van der Waals surface area contributed by atoms with Crippen LogP contribution in [0.2, 0.25) is 0 Å². The largest absolute Gasteiger partial charge is 0.493 e. The van der Waals surface area contributed by atoms with Gasteiger partial charge in [-0.25, -0.2) is 0 Å². The van der Waals surface area contributed by atoms with E-state index in [2.05, 4.69) is 36.3 Å². The molecule has 9 heteroatoms. The molecule has 1 aromatic heterocycles. The van der Waals surface area contributed by atoms with Gasteiger partial charge in [-0.05, 0) is 74.2 Å². The number of carbonyl (C=O) groups excluding carboxylic acids is 1. The second-order valence-electron chi connectivity index (χ2n) is 8.68. The van der Waals surface area contributed by atoms with Crippen LogP contribution < -0.4 is 14.8 Å². The first kappa shape index (κ1) is 25.2. The molecule has 1 N–H and O–H groups in total. The molecule has 2 heterocycles. The molecule has 1 amide bonds. The Morgan fingerprint density at radius 2 is 1.97 bits per heavy atom. The topological polar surface area (TPSA) is 89.7 Å². The van der Waals surface area contributed by atoms with Crippen molar-refractivity contribution in [1.29, 1.82) is 0 Å². The molecular weight excluding hydrogens is 512 g/mol.